The molecular formula is C11H15ClF2N2O2S. The summed E-state index contributed by atoms with van der Waals surface area (Å²) in [5.41, 5.74) is 0. The summed E-state index contributed by atoms with van der Waals surface area (Å²) in [4.78, 5) is -0.472. The third kappa shape index (κ3) is 3.22. The average molecular weight is 313 g/mol. The van der Waals surface area contributed by atoms with E-state index in [9.17, 15) is 17.2 Å². The minimum atomic E-state index is -3.88. The molecule has 2 rings (SSSR count). The molecule has 1 aromatic rings. The number of rotatable bonds is 3. The fraction of sp³-hybridized carbons (Fsp3) is 0.455. The third-order valence-corrected chi connectivity index (χ3v) is 4.97. The first kappa shape index (κ1) is 16.3. The number of benzene rings is 1. The lowest BCUT2D eigenvalue weighted by molar-refractivity contribution is 0.457. The summed E-state index contributed by atoms with van der Waals surface area (Å²) in [6, 6.07) is 2.57. The molecule has 0 spiro atoms. The highest BCUT2D eigenvalue weighted by Gasteiger charge is 2.33. The van der Waals surface area contributed by atoms with Gasteiger partial charge in [-0.25, -0.2) is 17.2 Å². The van der Waals surface area contributed by atoms with E-state index in [1.807, 2.05) is 0 Å². The topological polar surface area (TPSA) is 49.4 Å². The molecular weight excluding hydrogens is 298 g/mol. The highest BCUT2D eigenvalue weighted by Crippen LogP contribution is 2.23. The summed E-state index contributed by atoms with van der Waals surface area (Å²) in [7, 11) is -2.13. The first-order valence-electron chi connectivity index (χ1n) is 5.57. The van der Waals surface area contributed by atoms with E-state index in [-0.39, 0.29) is 18.4 Å². The molecule has 0 bridgehead atoms. The Balaban J connectivity index is 0.00000180. The molecule has 0 aromatic heterocycles. The van der Waals surface area contributed by atoms with Crippen LogP contribution in [0.1, 0.15) is 6.42 Å². The van der Waals surface area contributed by atoms with Crippen LogP contribution in [0.4, 0.5) is 8.78 Å². The summed E-state index contributed by atoms with van der Waals surface area (Å²) in [6.07, 6.45) is 0.679. The predicted octanol–water partition coefficient (Wildman–Crippen LogP) is 1.37. The minimum Gasteiger partial charge on any atom is -0.316 e. The predicted molar refractivity (Wildman–Crippen MR) is 69.8 cm³/mol. The van der Waals surface area contributed by atoms with Gasteiger partial charge in [0.15, 0.2) is 0 Å². The molecule has 108 valence electrons. The second kappa shape index (κ2) is 6.13. The molecule has 1 unspecified atom stereocenters. The van der Waals surface area contributed by atoms with Crippen molar-refractivity contribution in [3.05, 3.63) is 29.8 Å². The zero-order valence-corrected chi connectivity index (χ0v) is 11.9. The normalized spacial score (nSPS) is 20.3. The van der Waals surface area contributed by atoms with Crippen molar-refractivity contribution in [2.75, 3.05) is 20.1 Å². The highest BCUT2D eigenvalue weighted by molar-refractivity contribution is 7.89. The molecule has 0 aliphatic carbocycles. The van der Waals surface area contributed by atoms with Gasteiger partial charge in [0.05, 0.1) is 0 Å². The molecule has 1 saturated heterocycles. The van der Waals surface area contributed by atoms with E-state index in [0.29, 0.717) is 25.6 Å². The second-order valence-corrected chi connectivity index (χ2v) is 6.12. The number of nitrogens with one attached hydrogen (secondary N) is 1. The lowest BCUT2D eigenvalue weighted by Gasteiger charge is -2.16. The molecule has 19 heavy (non-hydrogen) atoms. The molecule has 1 atom stereocenters. The van der Waals surface area contributed by atoms with Gasteiger partial charge in [0, 0.05) is 25.2 Å². The molecule has 1 aliphatic rings. The van der Waals surface area contributed by atoms with E-state index in [1.165, 1.54) is 4.31 Å². The molecule has 0 saturated carbocycles. The molecule has 0 amide bonds. The maximum absolute atomic E-state index is 13.5. The first-order valence-corrected chi connectivity index (χ1v) is 7.01. The van der Waals surface area contributed by atoms with E-state index >= 15 is 0 Å². The molecule has 4 nitrogen and oxygen atoms in total. The van der Waals surface area contributed by atoms with Gasteiger partial charge in [0.25, 0.3) is 0 Å². The fourth-order valence-electron chi connectivity index (χ4n) is 2.01. The van der Waals surface area contributed by atoms with Crippen LogP contribution in [-0.2, 0) is 10.0 Å². The maximum Gasteiger partial charge on any atom is 0.246 e. The van der Waals surface area contributed by atoms with Crippen molar-refractivity contribution in [3.8, 4) is 0 Å². The van der Waals surface area contributed by atoms with Crippen LogP contribution in [0.15, 0.2) is 23.1 Å². The summed E-state index contributed by atoms with van der Waals surface area (Å²) in [6.45, 7) is 0.639. The second-order valence-electron chi connectivity index (χ2n) is 4.21. The molecule has 8 heteroatoms. The van der Waals surface area contributed by atoms with Gasteiger partial charge in [-0.15, -0.1) is 12.4 Å². The van der Waals surface area contributed by atoms with Crippen molar-refractivity contribution in [1.29, 1.82) is 0 Å². The van der Waals surface area contributed by atoms with Gasteiger partial charge in [-0.3, -0.25) is 0 Å². The lowest BCUT2D eigenvalue weighted by Crippen LogP contribution is -2.33. The highest BCUT2D eigenvalue weighted by atomic mass is 35.5. The van der Waals surface area contributed by atoms with Gasteiger partial charge < -0.3 is 5.32 Å². The number of halogens is 3. The number of likely N-dealkylation sites (N-methyl/N-ethyl adjacent to an activating group) is 1. The van der Waals surface area contributed by atoms with E-state index in [1.54, 1.807) is 7.05 Å². The largest absolute Gasteiger partial charge is 0.316 e. The van der Waals surface area contributed by atoms with Crippen molar-refractivity contribution in [2.45, 2.75) is 17.4 Å². The van der Waals surface area contributed by atoms with E-state index in [4.69, 9.17) is 0 Å². The Morgan fingerprint density at radius 2 is 2.05 bits per heavy atom. The van der Waals surface area contributed by atoms with Crippen LogP contribution in [0, 0.1) is 11.6 Å². The van der Waals surface area contributed by atoms with Gasteiger partial charge in [0.1, 0.15) is 16.5 Å². The first-order chi connectivity index (χ1) is 8.45. The molecule has 1 aromatic carbocycles. The van der Waals surface area contributed by atoms with Gasteiger partial charge >= 0.3 is 0 Å². The minimum absolute atomic E-state index is 0. The van der Waals surface area contributed by atoms with Crippen molar-refractivity contribution in [1.82, 2.24) is 9.62 Å². The van der Waals surface area contributed by atoms with Crippen LogP contribution in [0.5, 0.6) is 0 Å². The van der Waals surface area contributed by atoms with Crippen LogP contribution in [0.25, 0.3) is 0 Å². The number of hydrogen-bond acceptors (Lipinski definition) is 3. The maximum atomic E-state index is 13.5. The van der Waals surface area contributed by atoms with Gasteiger partial charge in [-0.1, -0.05) is 0 Å². The van der Waals surface area contributed by atoms with Gasteiger partial charge in [-0.05, 0) is 25.6 Å². The molecule has 0 radical (unpaired) electrons. The van der Waals surface area contributed by atoms with Crippen LogP contribution >= 0.6 is 12.4 Å². The van der Waals surface area contributed by atoms with E-state index in [0.717, 1.165) is 12.1 Å². The Morgan fingerprint density at radius 1 is 1.37 bits per heavy atom. The SMILES string of the molecule is CNC1CCN(S(=O)(=O)c2ccc(F)cc2F)C1.Cl. The summed E-state index contributed by atoms with van der Waals surface area (Å²) >= 11 is 0. The quantitative estimate of drug-likeness (QED) is 0.917. The van der Waals surface area contributed by atoms with Crippen LogP contribution in [0.2, 0.25) is 0 Å². The van der Waals surface area contributed by atoms with Crippen molar-refractivity contribution >= 4 is 22.4 Å². The zero-order chi connectivity index (χ0) is 13.3. The van der Waals surface area contributed by atoms with Crippen molar-refractivity contribution in [2.24, 2.45) is 0 Å². The van der Waals surface area contributed by atoms with Gasteiger partial charge in [-0.2, -0.15) is 4.31 Å². The van der Waals surface area contributed by atoms with Gasteiger partial charge in [0.2, 0.25) is 10.0 Å². The molecule has 1 heterocycles. The smallest absolute Gasteiger partial charge is 0.246 e. The van der Waals surface area contributed by atoms with E-state index in [2.05, 4.69) is 5.32 Å². The van der Waals surface area contributed by atoms with Crippen LogP contribution in [-0.4, -0.2) is 38.9 Å². The molecule has 1 fully saturated rings. The Morgan fingerprint density at radius 3 is 2.58 bits per heavy atom. The van der Waals surface area contributed by atoms with Crippen molar-refractivity contribution in [3.63, 3.8) is 0 Å². The van der Waals surface area contributed by atoms with Crippen LogP contribution < -0.4 is 5.32 Å². The molecule has 1 aliphatic heterocycles. The average Bonchev–Trinajstić information content (AvgIpc) is 2.77. The molecule has 1 N–H and O–H groups in total. The summed E-state index contributed by atoms with van der Waals surface area (Å²) in [5, 5.41) is 2.98. The number of sulfonamides is 1. The number of nitrogens with zero attached hydrogens (tertiary/aromatic N) is 1. The third-order valence-electron chi connectivity index (χ3n) is 3.07. The standard InChI is InChI=1S/C11H14F2N2O2S.ClH/c1-14-9-4-5-15(7-9)18(16,17)11-3-2-8(12)6-10(11)13;/h2-3,6,9,14H,4-5,7H2,1H3;1H. The monoisotopic (exact) mass is 312 g/mol. The zero-order valence-electron chi connectivity index (χ0n) is 10.3. The summed E-state index contributed by atoms with van der Waals surface area (Å²) in [5.74, 6) is -1.84. The Kier molecular flexibility index (Phi) is 5.26. The summed E-state index contributed by atoms with van der Waals surface area (Å²) < 4.78 is 51.8. The van der Waals surface area contributed by atoms with E-state index < -0.39 is 26.6 Å². The Labute approximate surface area is 117 Å². The number of hydrogen-bond donors (Lipinski definition) is 1. The van der Waals surface area contributed by atoms with Crippen LogP contribution in [0.3, 0.4) is 0 Å². The van der Waals surface area contributed by atoms with Crippen molar-refractivity contribution < 1.29 is 17.2 Å². The Hall–Kier alpha value is -0.760. The Bertz CT molecular complexity index is 554. The lowest BCUT2D eigenvalue weighted by atomic mass is 10.3. The fourth-order valence-corrected chi connectivity index (χ4v) is 3.55.